The van der Waals surface area contributed by atoms with Crippen LogP contribution in [0.5, 0.6) is 0 Å². The molecule has 10 heteroatoms. The van der Waals surface area contributed by atoms with Gasteiger partial charge in [0.1, 0.15) is 23.1 Å². The zero-order chi connectivity index (χ0) is 17.9. The molecule has 0 N–H and O–H groups in total. The summed E-state index contributed by atoms with van der Waals surface area (Å²) in [6.07, 6.45) is 0. The number of anilines is 1. The smallest absolute Gasteiger partial charge is 0.355 e. The first-order valence-electron chi connectivity index (χ1n) is 6.60. The minimum absolute atomic E-state index is 0.00555. The van der Waals surface area contributed by atoms with Gasteiger partial charge in [0, 0.05) is 0 Å². The summed E-state index contributed by atoms with van der Waals surface area (Å²) in [6.45, 7) is -0.395. The molecule has 0 fully saturated rings. The minimum atomic E-state index is -0.854. The number of nitro benzene ring substituents is 1. The van der Waals surface area contributed by atoms with E-state index in [9.17, 15) is 19.7 Å². The molecule has 0 saturated heterocycles. The fourth-order valence-corrected chi connectivity index (χ4v) is 2.47. The topological polar surface area (TPSA) is 108 Å². The van der Waals surface area contributed by atoms with Crippen LogP contribution in [0.4, 0.5) is 11.4 Å². The van der Waals surface area contributed by atoms with E-state index >= 15 is 0 Å². The van der Waals surface area contributed by atoms with Gasteiger partial charge in [-0.3, -0.25) is 10.1 Å². The van der Waals surface area contributed by atoms with Gasteiger partial charge in [-0.1, -0.05) is 17.7 Å². The number of methoxy groups -OCH3 is 2. The lowest BCUT2D eigenvalue weighted by molar-refractivity contribution is -0.384. The summed E-state index contributed by atoms with van der Waals surface area (Å²) in [7, 11) is 2.27. The molecule has 1 heterocycles. The van der Waals surface area contributed by atoms with Crippen molar-refractivity contribution in [2.45, 2.75) is 0 Å². The Labute approximate surface area is 141 Å². The fraction of sp³-hybridized carbons (Fsp3) is 0.286. The molecule has 24 heavy (non-hydrogen) atoms. The highest BCUT2D eigenvalue weighted by Gasteiger charge is 2.35. The van der Waals surface area contributed by atoms with Crippen LogP contribution in [0.25, 0.3) is 0 Å². The maximum atomic E-state index is 12.2. The van der Waals surface area contributed by atoms with Crippen LogP contribution >= 0.6 is 11.6 Å². The van der Waals surface area contributed by atoms with Crippen LogP contribution in [-0.2, 0) is 23.8 Å². The van der Waals surface area contributed by atoms with E-state index in [0.29, 0.717) is 0 Å². The van der Waals surface area contributed by atoms with E-state index in [2.05, 4.69) is 4.74 Å². The van der Waals surface area contributed by atoms with Gasteiger partial charge in [0.25, 0.3) is 0 Å². The van der Waals surface area contributed by atoms with E-state index in [4.69, 9.17) is 21.1 Å². The second-order valence-corrected chi connectivity index (χ2v) is 4.99. The van der Waals surface area contributed by atoms with Crippen molar-refractivity contribution in [2.24, 2.45) is 0 Å². The van der Waals surface area contributed by atoms with Crippen LogP contribution in [0, 0.1) is 10.1 Å². The van der Waals surface area contributed by atoms with Gasteiger partial charge >= 0.3 is 17.6 Å². The van der Waals surface area contributed by atoms with Gasteiger partial charge < -0.3 is 19.1 Å². The summed E-state index contributed by atoms with van der Waals surface area (Å²) in [5, 5.41) is 11.2. The van der Waals surface area contributed by atoms with Gasteiger partial charge in [-0.25, -0.2) is 9.59 Å². The maximum Gasteiger partial charge on any atom is 0.355 e. The Hall–Kier alpha value is -2.65. The highest BCUT2D eigenvalue weighted by Crippen LogP contribution is 2.38. The van der Waals surface area contributed by atoms with E-state index in [-0.39, 0.29) is 35.3 Å². The SMILES string of the molecule is COC(=O)C1=C(C(=O)OC)N(c2cccc(Cl)c2[N+](=O)[O-])COC1. The average Bonchev–Trinajstić information content (AvgIpc) is 2.59. The largest absolute Gasteiger partial charge is 0.466 e. The van der Waals surface area contributed by atoms with Crippen LogP contribution in [-0.4, -0.2) is 44.4 Å². The third kappa shape index (κ3) is 3.17. The van der Waals surface area contributed by atoms with E-state index in [1.807, 2.05) is 0 Å². The molecule has 1 aromatic rings. The number of para-hydroxylation sites is 1. The zero-order valence-electron chi connectivity index (χ0n) is 12.8. The van der Waals surface area contributed by atoms with E-state index in [1.165, 1.54) is 18.2 Å². The Morgan fingerprint density at radius 3 is 2.54 bits per heavy atom. The van der Waals surface area contributed by atoms with E-state index < -0.39 is 22.5 Å². The third-order valence-electron chi connectivity index (χ3n) is 3.27. The van der Waals surface area contributed by atoms with Gasteiger partial charge in [-0.05, 0) is 12.1 Å². The molecule has 0 aliphatic carbocycles. The standard InChI is InChI=1S/C14H13ClN2O7/c1-22-13(18)8-6-24-7-16(11(8)14(19)23-2)10-5-3-4-9(15)12(10)17(20)21/h3-5H,6-7H2,1-2H3. The molecule has 0 radical (unpaired) electrons. The van der Waals surface area contributed by atoms with Gasteiger partial charge in [0.2, 0.25) is 0 Å². The normalized spacial score (nSPS) is 14.4. The average molecular weight is 357 g/mol. The van der Waals surface area contributed by atoms with Crippen LogP contribution in [0.1, 0.15) is 0 Å². The van der Waals surface area contributed by atoms with Crippen molar-refractivity contribution in [1.82, 2.24) is 0 Å². The molecule has 0 bridgehead atoms. The van der Waals surface area contributed by atoms with Crippen molar-refractivity contribution in [3.63, 3.8) is 0 Å². The number of rotatable bonds is 4. The number of benzene rings is 1. The van der Waals surface area contributed by atoms with Gasteiger partial charge in [0.05, 0.1) is 31.3 Å². The number of carbonyl (C=O) groups is 2. The summed E-state index contributed by atoms with van der Waals surface area (Å²) in [6, 6.07) is 4.21. The van der Waals surface area contributed by atoms with Crippen LogP contribution < -0.4 is 4.90 Å². The van der Waals surface area contributed by atoms with E-state index in [0.717, 1.165) is 19.1 Å². The number of nitrogens with zero attached hydrogens (tertiary/aromatic N) is 2. The molecular weight excluding hydrogens is 344 g/mol. The van der Waals surface area contributed by atoms with Crippen molar-refractivity contribution >= 4 is 34.9 Å². The quantitative estimate of drug-likeness (QED) is 0.455. The number of ether oxygens (including phenoxy) is 3. The lowest BCUT2D eigenvalue weighted by Gasteiger charge is -2.30. The summed E-state index contributed by atoms with van der Waals surface area (Å²) >= 11 is 5.90. The summed E-state index contributed by atoms with van der Waals surface area (Å²) < 4.78 is 14.6. The number of nitro groups is 1. The Balaban J connectivity index is 2.68. The van der Waals surface area contributed by atoms with Crippen molar-refractivity contribution in [3.05, 3.63) is 44.6 Å². The zero-order valence-corrected chi connectivity index (χ0v) is 13.5. The summed E-state index contributed by atoms with van der Waals surface area (Å²) in [4.78, 5) is 35.9. The Morgan fingerprint density at radius 2 is 1.96 bits per heavy atom. The highest BCUT2D eigenvalue weighted by atomic mass is 35.5. The first-order chi connectivity index (χ1) is 11.4. The van der Waals surface area contributed by atoms with Crippen molar-refractivity contribution in [3.8, 4) is 0 Å². The number of hydrogen-bond donors (Lipinski definition) is 0. The van der Waals surface area contributed by atoms with Crippen LogP contribution in [0.15, 0.2) is 29.5 Å². The van der Waals surface area contributed by atoms with Crippen molar-refractivity contribution in [1.29, 1.82) is 0 Å². The van der Waals surface area contributed by atoms with Gasteiger partial charge in [0.15, 0.2) is 0 Å². The van der Waals surface area contributed by atoms with Gasteiger partial charge in [-0.15, -0.1) is 0 Å². The molecule has 0 saturated carbocycles. The number of esters is 2. The highest BCUT2D eigenvalue weighted by molar-refractivity contribution is 6.33. The molecule has 0 unspecified atom stereocenters. The van der Waals surface area contributed by atoms with E-state index in [1.54, 1.807) is 0 Å². The second kappa shape index (κ2) is 7.28. The first-order valence-corrected chi connectivity index (χ1v) is 6.98. The molecule has 9 nitrogen and oxygen atoms in total. The van der Waals surface area contributed by atoms with Crippen molar-refractivity contribution in [2.75, 3.05) is 32.5 Å². The van der Waals surface area contributed by atoms with Gasteiger partial charge in [-0.2, -0.15) is 0 Å². The molecule has 0 atom stereocenters. The lowest BCUT2D eigenvalue weighted by atomic mass is 10.1. The molecule has 128 valence electrons. The molecule has 0 aromatic heterocycles. The predicted octanol–water partition coefficient (Wildman–Crippen LogP) is 1.64. The fourth-order valence-electron chi connectivity index (χ4n) is 2.24. The number of carbonyl (C=O) groups excluding carboxylic acids is 2. The molecule has 1 aliphatic rings. The number of hydrogen-bond acceptors (Lipinski definition) is 8. The predicted molar refractivity (Wildman–Crippen MR) is 82.5 cm³/mol. The van der Waals surface area contributed by atoms with Crippen molar-refractivity contribution < 1.29 is 28.7 Å². The van der Waals surface area contributed by atoms with Crippen LogP contribution in [0.3, 0.4) is 0 Å². The first kappa shape index (κ1) is 17.7. The molecule has 1 aliphatic heterocycles. The third-order valence-corrected chi connectivity index (χ3v) is 3.58. The minimum Gasteiger partial charge on any atom is -0.466 e. The molecule has 2 rings (SSSR count). The maximum absolute atomic E-state index is 12.2. The Kier molecular flexibility index (Phi) is 5.37. The molecule has 0 amide bonds. The summed E-state index contributed by atoms with van der Waals surface area (Å²) in [5.74, 6) is -1.65. The van der Waals surface area contributed by atoms with Crippen LogP contribution in [0.2, 0.25) is 5.02 Å². The monoisotopic (exact) mass is 356 g/mol. The lowest BCUT2D eigenvalue weighted by Crippen LogP contribution is -2.39. The molecular formula is C14H13ClN2O7. The number of halogens is 1. The molecule has 1 aromatic carbocycles. The molecule has 0 spiro atoms. The Morgan fingerprint density at radius 1 is 1.29 bits per heavy atom. The summed E-state index contributed by atoms with van der Waals surface area (Å²) in [5.41, 5.74) is -0.727. The Bertz CT molecular complexity index is 732. The second-order valence-electron chi connectivity index (χ2n) is 4.58.